The van der Waals surface area contributed by atoms with E-state index in [1.807, 2.05) is 43.3 Å². The minimum atomic E-state index is -3.65. The topological polar surface area (TPSA) is 100 Å². The van der Waals surface area contributed by atoms with E-state index in [0.717, 1.165) is 12.0 Å². The summed E-state index contributed by atoms with van der Waals surface area (Å²) in [6.07, 6.45) is 2.32. The number of fused-ring (bicyclic) bond motifs is 2. The maximum Gasteiger partial charge on any atom is 0.586 e. The zero-order valence-corrected chi connectivity index (χ0v) is 16.1. The van der Waals surface area contributed by atoms with Crippen LogP contribution < -0.4 is 14.8 Å². The quantitative estimate of drug-likeness (QED) is 0.513. The molecule has 3 aromatic rings. The minimum absolute atomic E-state index is 0.0717. The fourth-order valence-corrected chi connectivity index (χ4v) is 2.66. The largest absolute Gasteiger partial charge is 0.586 e. The van der Waals surface area contributed by atoms with Gasteiger partial charge in [-0.25, -0.2) is 4.98 Å². The molecule has 0 bridgehead atoms. The number of carbonyl (C=O) groups excluding carboxylic acids is 1. The van der Waals surface area contributed by atoms with E-state index in [1.165, 1.54) is 18.3 Å². The Hall–Kier alpha value is -3.75. The molecule has 156 valence electrons. The second-order valence-corrected chi connectivity index (χ2v) is 6.30. The zero-order valence-electron chi connectivity index (χ0n) is 16.1. The number of aromatic amines is 1. The van der Waals surface area contributed by atoms with E-state index in [0.29, 0.717) is 17.5 Å². The SMILES string of the molecule is CCCC(=O)Nc1nc2cc3c(cc2[nH]1)OC(F)(F)O3.N=C/C=C\c1ccccc1. The van der Waals surface area contributed by atoms with Crippen LogP contribution in [0.4, 0.5) is 14.7 Å². The average molecular weight is 414 g/mol. The molecule has 2 aromatic carbocycles. The van der Waals surface area contributed by atoms with E-state index in [9.17, 15) is 13.6 Å². The Kier molecular flexibility index (Phi) is 6.41. The number of alkyl halides is 2. The molecule has 1 amide bonds. The summed E-state index contributed by atoms with van der Waals surface area (Å²) >= 11 is 0. The normalized spacial score (nSPS) is 13.7. The molecule has 7 nitrogen and oxygen atoms in total. The van der Waals surface area contributed by atoms with Crippen LogP contribution in [0.5, 0.6) is 11.5 Å². The highest BCUT2D eigenvalue weighted by molar-refractivity contribution is 5.91. The zero-order chi connectivity index (χ0) is 21.6. The lowest BCUT2D eigenvalue weighted by molar-refractivity contribution is -0.286. The molecule has 0 atom stereocenters. The summed E-state index contributed by atoms with van der Waals surface area (Å²) in [6.45, 7) is 1.89. The number of nitrogens with one attached hydrogen (secondary N) is 3. The molecule has 0 saturated carbocycles. The molecule has 0 radical (unpaired) electrons. The van der Waals surface area contributed by atoms with Gasteiger partial charge in [0.1, 0.15) is 0 Å². The van der Waals surface area contributed by atoms with Crippen LogP contribution in [0.2, 0.25) is 0 Å². The van der Waals surface area contributed by atoms with Crippen LogP contribution in [0.1, 0.15) is 25.3 Å². The average Bonchev–Trinajstić information content (AvgIpc) is 3.22. The van der Waals surface area contributed by atoms with Crippen molar-refractivity contribution in [3.05, 3.63) is 54.1 Å². The van der Waals surface area contributed by atoms with Gasteiger partial charge in [-0.05, 0) is 18.1 Å². The smallest absolute Gasteiger partial charge is 0.395 e. The summed E-state index contributed by atoms with van der Waals surface area (Å²) in [4.78, 5) is 18.4. The number of H-pyrrole nitrogens is 1. The van der Waals surface area contributed by atoms with Gasteiger partial charge in [0.05, 0.1) is 11.0 Å². The highest BCUT2D eigenvalue weighted by Gasteiger charge is 2.43. The van der Waals surface area contributed by atoms with E-state index in [2.05, 4.69) is 24.8 Å². The fraction of sp³-hybridized carbons (Fsp3) is 0.190. The van der Waals surface area contributed by atoms with Crippen molar-refractivity contribution in [2.75, 3.05) is 5.32 Å². The minimum Gasteiger partial charge on any atom is -0.395 e. The van der Waals surface area contributed by atoms with E-state index in [1.54, 1.807) is 6.08 Å². The van der Waals surface area contributed by atoms with Gasteiger partial charge in [-0.15, -0.1) is 8.78 Å². The number of aromatic nitrogens is 2. The summed E-state index contributed by atoms with van der Waals surface area (Å²) in [5.41, 5.74) is 2.00. The van der Waals surface area contributed by atoms with E-state index >= 15 is 0 Å². The Morgan fingerprint density at radius 3 is 2.60 bits per heavy atom. The van der Waals surface area contributed by atoms with Gasteiger partial charge >= 0.3 is 6.29 Å². The van der Waals surface area contributed by atoms with Crippen LogP contribution >= 0.6 is 0 Å². The number of hydrogen-bond acceptors (Lipinski definition) is 5. The Morgan fingerprint density at radius 1 is 1.23 bits per heavy atom. The van der Waals surface area contributed by atoms with Crippen molar-refractivity contribution in [2.45, 2.75) is 26.1 Å². The molecule has 1 aliphatic heterocycles. The molecule has 1 aliphatic rings. The Balaban J connectivity index is 0.000000216. The van der Waals surface area contributed by atoms with E-state index in [4.69, 9.17) is 5.41 Å². The summed E-state index contributed by atoms with van der Waals surface area (Å²) in [5.74, 6) is -0.0648. The molecule has 1 aromatic heterocycles. The Morgan fingerprint density at radius 2 is 1.93 bits per heavy atom. The highest BCUT2D eigenvalue weighted by Crippen LogP contribution is 2.42. The van der Waals surface area contributed by atoms with Gasteiger partial charge in [-0.1, -0.05) is 43.3 Å². The summed E-state index contributed by atoms with van der Waals surface area (Å²) in [6, 6.07) is 12.6. The number of imidazole rings is 1. The lowest BCUT2D eigenvalue weighted by Gasteiger charge is -2.04. The van der Waals surface area contributed by atoms with Gasteiger partial charge < -0.3 is 19.9 Å². The van der Waals surface area contributed by atoms with Gasteiger partial charge in [0, 0.05) is 24.8 Å². The first-order valence-electron chi connectivity index (χ1n) is 9.22. The van der Waals surface area contributed by atoms with Gasteiger partial charge in [0.2, 0.25) is 11.9 Å². The van der Waals surface area contributed by atoms with Crippen LogP contribution in [-0.2, 0) is 4.79 Å². The molecule has 9 heteroatoms. The first-order chi connectivity index (χ1) is 14.4. The molecule has 0 saturated heterocycles. The second-order valence-electron chi connectivity index (χ2n) is 6.30. The standard InChI is InChI=1S/C12H11F2N3O3.C9H9N/c1-2-3-10(18)17-11-15-6-4-8-9(5-7(6)16-11)20-12(13,14)19-8;10-8-4-7-9-5-2-1-3-6-9/h4-5H,2-3H2,1H3,(H2,15,16,17,18);1-8,10H/b;7-4-,10-8?. The predicted molar refractivity (Wildman–Crippen MR) is 110 cm³/mol. The number of allylic oxidation sites excluding steroid dienone is 1. The van der Waals surface area contributed by atoms with Gasteiger partial charge in [0.15, 0.2) is 11.5 Å². The molecule has 0 unspecified atom stereocenters. The second kappa shape index (κ2) is 9.17. The molecule has 0 fully saturated rings. The summed E-state index contributed by atoms with van der Waals surface area (Å²) in [7, 11) is 0. The first kappa shape index (κ1) is 21.0. The Bertz CT molecular complexity index is 1020. The lowest BCUT2D eigenvalue weighted by atomic mass is 10.2. The molecule has 0 spiro atoms. The third-order valence-electron chi connectivity index (χ3n) is 3.92. The molecular weight excluding hydrogens is 394 g/mol. The molecule has 4 rings (SSSR count). The number of nitrogens with zero attached hydrogens (tertiary/aromatic N) is 1. The monoisotopic (exact) mass is 414 g/mol. The van der Waals surface area contributed by atoms with Gasteiger partial charge in [-0.3, -0.25) is 10.1 Å². The van der Waals surface area contributed by atoms with E-state index < -0.39 is 6.29 Å². The number of halogens is 2. The van der Waals surface area contributed by atoms with Gasteiger partial charge in [0.25, 0.3) is 0 Å². The van der Waals surface area contributed by atoms with Crippen LogP contribution in [0.15, 0.2) is 48.5 Å². The predicted octanol–water partition coefficient (Wildman–Crippen LogP) is 4.97. The van der Waals surface area contributed by atoms with Crippen LogP contribution in [-0.4, -0.2) is 28.4 Å². The number of ether oxygens (including phenoxy) is 2. The van der Waals surface area contributed by atoms with E-state index in [-0.39, 0.29) is 23.4 Å². The third-order valence-corrected chi connectivity index (χ3v) is 3.92. The van der Waals surface area contributed by atoms with Crippen molar-refractivity contribution >= 4 is 35.2 Å². The Labute approximate surface area is 171 Å². The number of benzene rings is 2. The summed E-state index contributed by atoms with van der Waals surface area (Å²) < 4.78 is 34.5. The van der Waals surface area contributed by atoms with Crippen molar-refractivity contribution in [1.82, 2.24) is 9.97 Å². The first-order valence-corrected chi connectivity index (χ1v) is 9.22. The van der Waals surface area contributed by atoms with Crippen LogP contribution in [0.3, 0.4) is 0 Å². The van der Waals surface area contributed by atoms with Crippen molar-refractivity contribution in [1.29, 1.82) is 5.41 Å². The van der Waals surface area contributed by atoms with Gasteiger partial charge in [-0.2, -0.15) is 0 Å². The van der Waals surface area contributed by atoms with Crippen molar-refractivity contribution in [3.63, 3.8) is 0 Å². The van der Waals surface area contributed by atoms with Crippen molar-refractivity contribution in [2.24, 2.45) is 0 Å². The molecule has 3 N–H and O–H groups in total. The maximum absolute atomic E-state index is 12.9. The highest BCUT2D eigenvalue weighted by atomic mass is 19.3. The molecule has 2 heterocycles. The molecule has 0 aliphatic carbocycles. The van der Waals surface area contributed by atoms with Crippen molar-refractivity contribution < 1.29 is 23.0 Å². The number of amides is 1. The van der Waals surface area contributed by atoms with Crippen molar-refractivity contribution in [3.8, 4) is 11.5 Å². The third kappa shape index (κ3) is 5.40. The number of anilines is 1. The molecular formula is C21H20F2N4O3. The fourth-order valence-electron chi connectivity index (χ4n) is 2.66. The van der Waals surface area contributed by atoms with Crippen LogP contribution in [0.25, 0.3) is 17.1 Å². The van der Waals surface area contributed by atoms with Crippen LogP contribution in [0, 0.1) is 5.41 Å². The number of hydrogen-bond donors (Lipinski definition) is 3. The lowest BCUT2D eigenvalue weighted by Crippen LogP contribution is -2.25. The summed E-state index contributed by atoms with van der Waals surface area (Å²) in [5, 5.41) is 9.33. The number of rotatable bonds is 5. The maximum atomic E-state index is 12.9. The molecule has 30 heavy (non-hydrogen) atoms. The number of carbonyl (C=O) groups is 1.